The number of ether oxygens (including phenoxy) is 1. The van der Waals surface area contributed by atoms with Crippen LogP contribution in [-0.2, 0) is 4.74 Å². The van der Waals surface area contributed by atoms with Crippen molar-refractivity contribution in [3.05, 3.63) is 24.0 Å². The molecule has 3 rings (SSSR count). The molecule has 0 amide bonds. The van der Waals surface area contributed by atoms with E-state index in [1.807, 2.05) is 0 Å². The van der Waals surface area contributed by atoms with Gasteiger partial charge in [-0.1, -0.05) is 12.8 Å². The minimum absolute atomic E-state index is 0.146. The van der Waals surface area contributed by atoms with E-state index in [1.54, 1.807) is 23.3 Å². The Bertz CT molecular complexity index is 570. The van der Waals surface area contributed by atoms with E-state index in [9.17, 15) is 0 Å². The molecular formula is C13H17ClN6O. The van der Waals surface area contributed by atoms with Gasteiger partial charge >= 0.3 is 0 Å². The third-order valence-electron chi connectivity index (χ3n) is 3.37. The molecule has 112 valence electrons. The maximum Gasteiger partial charge on any atom is 0.241 e. The fourth-order valence-corrected chi connectivity index (χ4v) is 2.51. The van der Waals surface area contributed by atoms with Crippen LogP contribution in [0, 0.1) is 0 Å². The number of halogens is 1. The number of aromatic nitrogens is 5. The van der Waals surface area contributed by atoms with Crippen LogP contribution in [0.1, 0.15) is 25.7 Å². The number of imidazole rings is 1. The number of nitrogens with zero attached hydrogens (tertiary/aromatic N) is 5. The van der Waals surface area contributed by atoms with Gasteiger partial charge in [-0.15, -0.1) is 0 Å². The summed E-state index contributed by atoms with van der Waals surface area (Å²) in [6, 6.07) is 0. The maximum absolute atomic E-state index is 5.92. The number of rotatable bonds is 6. The fraction of sp³-hybridized carbons (Fsp3) is 0.538. The van der Waals surface area contributed by atoms with Gasteiger partial charge in [0.1, 0.15) is 6.33 Å². The van der Waals surface area contributed by atoms with Crippen LogP contribution in [0.3, 0.4) is 0 Å². The summed E-state index contributed by atoms with van der Waals surface area (Å²) in [4.78, 5) is 16.4. The highest BCUT2D eigenvalue weighted by Crippen LogP contribution is 2.20. The highest BCUT2D eigenvalue weighted by atomic mass is 35.5. The number of anilines is 1. The number of hydrogen-bond donors (Lipinski definition) is 1. The van der Waals surface area contributed by atoms with E-state index in [-0.39, 0.29) is 5.28 Å². The molecule has 1 fully saturated rings. The van der Waals surface area contributed by atoms with Crippen molar-refractivity contribution in [1.82, 2.24) is 24.5 Å². The highest BCUT2D eigenvalue weighted by molar-refractivity contribution is 6.28. The van der Waals surface area contributed by atoms with Crippen LogP contribution >= 0.6 is 11.6 Å². The van der Waals surface area contributed by atoms with Gasteiger partial charge in [0.05, 0.1) is 12.7 Å². The van der Waals surface area contributed by atoms with E-state index in [4.69, 9.17) is 16.3 Å². The molecule has 0 unspecified atom stereocenters. The van der Waals surface area contributed by atoms with Gasteiger partial charge in [0.25, 0.3) is 0 Å². The standard InChI is InChI=1S/C13H17ClN6O/c14-11-17-12(16-6-8-21-10-3-1-2-4-10)19-13(18-11)20-7-5-15-9-20/h5,7,9-10H,1-4,6,8H2,(H,16,17,18,19). The van der Waals surface area contributed by atoms with Crippen molar-refractivity contribution < 1.29 is 4.74 Å². The molecule has 2 aromatic rings. The Hall–Kier alpha value is -1.73. The van der Waals surface area contributed by atoms with Crippen molar-refractivity contribution in [3.8, 4) is 5.95 Å². The summed E-state index contributed by atoms with van der Waals surface area (Å²) >= 11 is 5.92. The van der Waals surface area contributed by atoms with E-state index in [2.05, 4.69) is 25.3 Å². The first-order chi connectivity index (χ1) is 10.3. The first kappa shape index (κ1) is 14.2. The van der Waals surface area contributed by atoms with E-state index >= 15 is 0 Å². The van der Waals surface area contributed by atoms with E-state index < -0.39 is 0 Å². The molecule has 7 nitrogen and oxygen atoms in total. The van der Waals surface area contributed by atoms with Crippen LogP contribution in [0.2, 0.25) is 5.28 Å². The molecule has 8 heteroatoms. The van der Waals surface area contributed by atoms with Gasteiger partial charge < -0.3 is 10.1 Å². The second kappa shape index (κ2) is 6.82. The summed E-state index contributed by atoms with van der Waals surface area (Å²) in [6.07, 6.45) is 10.3. The zero-order valence-electron chi connectivity index (χ0n) is 11.6. The molecule has 0 aromatic carbocycles. The predicted octanol–water partition coefficient (Wildman–Crippen LogP) is 2.08. The Labute approximate surface area is 127 Å². The van der Waals surface area contributed by atoms with Gasteiger partial charge in [0.2, 0.25) is 17.2 Å². The Morgan fingerprint density at radius 3 is 2.90 bits per heavy atom. The zero-order valence-corrected chi connectivity index (χ0v) is 12.3. The average Bonchev–Trinajstić information content (AvgIpc) is 3.16. The molecule has 1 aliphatic carbocycles. The Kier molecular flexibility index (Phi) is 4.62. The van der Waals surface area contributed by atoms with Crippen molar-refractivity contribution in [2.75, 3.05) is 18.5 Å². The smallest absolute Gasteiger partial charge is 0.241 e. The van der Waals surface area contributed by atoms with Crippen LogP contribution in [0.5, 0.6) is 0 Å². The summed E-state index contributed by atoms with van der Waals surface area (Å²) < 4.78 is 7.45. The largest absolute Gasteiger partial charge is 0.376 e. The molecule has 2 heterocycles. The fourth-order valence-electron chi connectivity index (χ4n) is 2.36. The average molecular weight is 309 g/mol. The van der Waals surface area contributed by atoms with Crippen LogP contribution < -0.4 is 5.32 Å². The molecule has 0 aliphatic heterocycles. The van der Waals surface area contributed by atoms with Gasteiger partial charge in [-0.2, -0.15) is 15.0 Å². The van der Waals surface area contributed by atoms with Crippen molar-refractivity contribution >= 4 is 17.5 Å². The third-order valence-corrected chi connectivity index (χ3v) is 3.54. The summed E-state index contributed by atoms with van der Waals surface area (Å²) in [5.74, 6) is 0.875. The van der Waals surface area contributed by atoms with Crippen molar-refractivity contribution in [2.45, 2.75) is 31.8 Å². The molecule has 2 aromatic heterocycles. The second-order valence-electron chi connectivity index (χ2n) is 4.90. The Balaban J connectivity index is 1.55. The summed E-state index contributed by atoms with van der Waals surface area (Å²) in [5.41, 5.74) is 0. The molecule has 1 N–H and O–H groups in total. The molecule has 0 bridgehead atoms. The molecule has 0 atom stereocenters. The summed E-state index contributed by atoms with van der Waals surface area (Å²) in [6.45, 7) is 1.27. The monoisotopic (exact) mass is 308 g/mol. The molecule has 1 aliphatic rings. The topological polar surface area (TPSA) is 77.8 Å². The lowest BCUT2D eigenvalue weighted by Gasteiger charge is -2.11. The van der Waals surface area contributed by atoms with Crippen molar-refractivity contribution in [3.63, 3.8) is 0 Å². The molecular weight excluding hydrogens is 292 g/mol. The lowest BCUT2D eigenvalue weighted by atomic mass is 10.3. The van der Waals surface area contributed by atoms with Gasteiger partial charge in [-0.25, -0.2) is 4.98 Å². The van der Waals surface area contributed by atoms with E-state index in [1.165, 1.54) is 25.7 Å². The second-order valence-corrected chi connectivity index (χ2v) is 5.24. The van der Waals surface area contributed by atoms with Gasteiger partial charge in [-0.3, -0.25) is 4.57 Å². The molecule has 0 radical (unpaired) electrons. The highest BCUT2D eigenvalue weighted by Gasteiger charge is 2.14. The Morgan fingerprint density at radius 1 is 1.29 bits per heavy atom. The minimum atomic E-state index is 0.146. The maximum atomic E-state index is 5.92. The number of hydrogen-bond acceptors (Lipinski definition) is 6. The number of nitrogens with one attached hydrogen (secondary N) is 1. The minimum Gasteiger partial charge on any atom is -0.376 e. The zero-order chi connectivity index (χ0) is 14.5. The quantitative estimate of drug-likeness (QED) is 0.823. The summed E-state index contributed by atoms with van der Waals surface area (Å²) in [5, 5.41) is 3.25. The predicted molar refractivity (Wildman–Crippen MR) is 78.7 cm³/mol. The first-order valence-corrected chi connectivity index (χ1v) is 7.44. The van der Waals surface area contributed by atoms with Crippen molar-refractivity contribution in [1.29, 1.82) is 0 Å². The van der Waals surface area contributed by atoms with Gasteiger partial charge in [0.15, 0.2) is 0 Å². The van der Waals surface area contributed by atoms with Crippen molar-refractivity contribution in [2.24, 2.45) is 0 Å². The normalized spacial score (nSPS) is 15.5. The van der Waals surface area contributed by atoms with Crippen LogP contribution in [0.15, 0.2) is 18.7 Å². The third kappa shape index (κ3) is 3.89. The molecule has 0 saturated heterocycles. The summed E-state index contributed by atoms with van der Waals surface area (Å²) in [7, 11) is 0. The Morgan fingerprint density at radius 2 is 2.14 bits per heavy atom. The lowest BCUT2D eigenvalue weighted by Crippen LogP contribution is -2.17. The lowest BCUT2D eigenvalue weighted by molar-refractivity contribution is 0.0658. The van der Waals surface area contributed by atoms with E-state index in [0.717, 1.165) is 0 Å². The van der Waals surface area contributed by atoms with Gasteiger partial charge in [0, 0.05) is 18.9 Å². The first-order valence-electron chi connectivity index (χ1n) is 7.06. The van der Waals surface area contributed by atoms with Crippen LogP contribution in [0.4, 0.5) is 5.95 Å². The van der Waals surface area contributed by atoms with E-state index in [0.29, 0.717) is 31.2 Å². The van der Waals surface area contributed by atoms with Crippen LogP contribution in [0.25, 0.3) is 5.95 Å². The van der Waals surface area contributed by atoms with Crippen LogP contribution in [-0.4, -0.2) is 43.8 Å². The SMILES string of the molecule is Clc1nc(NCCOC2CCCC2)nc(-n2ccnc2)n1. The molecule has 21 heavy (non-hydrogen) atoms. The molecule has 1 saturated carbocycles. The van der Waals surface area contributed by atoms with Gasteiger partial charge in [-0.05, 0) is 24.4 Å². The molecule has 0 spiro atoms.